The van der Waals surface area contributed by atoms with E-state index in [0.717, 1.165) is 18.5 Å². The predicted octanol–water partition coefficient (Wildman–Crippen LogP) is 2.51. The van der Waals surface area contributed by atoms with Crippen molar-refractivity contribution in [3.8, 4) is 0 Å². The summed E-state index contributed by atoms with van der Waals surface area (Å²) in [5, 5.41) is 4.24. The van der Waals surface area contributed by atoms with Crippen molar-refractivity contribution >= 4 is 21.8 Å². The van der Waals surface area contributed by atoms with E-state index in [2.05, 4.69) is 21.0 Å². The zero-order valence-electron chi connectivity index (χ0n) is 11.2. The van der Waals surface area contributed by atoms with Crippen LogP contribution in [0.25, 0.3) is 0 Å². The number of halogens is 1. The Morgan fingerprint density at radius 3 is 2.72 bits per heavy atom. The van der Waals surface area contributed by atoms with Crippen LogP contribution in [0, 0.1) is 6.92 Å². The van der Waals surface area contributed by atoms with Gasteiger partial charge in [0.15, 0.2) is 0 Å². The smallest absolute Gasteiger partial charge is 0.257 e. The van der Waals surface area contributed by atoms with Gasteiger partial charge in [-0.05, 0) is 19.8 Å². The highest BCUT2D eigenvalue weighted by Crippen LogP contribution is 2.28. The van der Waals surface area contributed by atoms with Crippen molar-refractivity contribution in [2.75, 3.05) is 7.05 Å². The van der Waals surface area contributed by atoms with Crippen molar-refractivity contribution in [3.05, 3.63) is 17.5 Å². The molecule has 2 rings (SSSR count). The quantitative estimate of drug-likeness (QED) is 0.787. The van der Waals surface area contributed by atoms with Crippen molar-refractivity contribution in [3.63, 3.8) is 0 Å². The van der Waals surface area contributed by atoms with E-state index in [1.54, 1.807) is 10.9 Å². The van der Waals surface area contributed by atoms with Crippen LogP contribution in [0.2, 0.25) is 0 Å². The summed E-state index contributed by atoms with van der Waals surface area (Å²) in [6, 6.07) is 0.297. The summed E-state index contributed by atoms with van der Waals surface area (Å²) in [6.45, 7) is 1.88. The van der Waals surface area contributed by atoms with Crippen molar-refractivity contribution in [1.82, 2.24) is 14.7 Å². The van der Waals surface area contributed by atoms with Crippen LogP contribution in [0.4, 0.5) is 0 Å². The molecule has 5 heteroatoms. The van der Waals surface area contributed by atoms with Gasteiger partial charge >= 0.3 is 0 Å². The lowest BCUT2D eigenvalue weighted by atomic mass is 9.94. The van der Waals surface area contributed by atoms with Crippen LogP contribution < -0.4 is 0 Å². The topological polar surface area (TPSA) is 38.1 Å². The SMILES string of the molecule is Cc1nn(C)cc1C(=O)N(C)C1CCCCC1Br. The third-order valence-corrected chi connectivity index (χ3v) is 4.78. The van der Waals surface area contributed by atoms with Crippen molar-refractivity contribution in [2.24, 2.45) is 7.05 Å². The van der Waals surface area contributed by atoms with Gasteiger partial charge in [-0.1, -0.05) is 28.8 Å². The molecule has 1 saturated carbocycles. The monoisotopic (exact) mass is 313 g/mol. The van der Waals surface area contributed by atoms with Crippen LogP contribution in [0.1, 0.15) is 41.7 Å². The number of hydrogen-bond acceptors (Lipinski definition) is 2. The molecule has 2 unspecified atom stereocenters. The molecule has 100 valence electrons. The molecule has 0 saturated heterocycles. The molecule has 0 radical (unpaired) electrons. The van der Waals surface area contributed by atoms with Crippen LogP contribution in [-0.2, 0) is 7.05 Å². The second-order valence-corrected chi connectivity index (χ2v) is 6.26. The number of rotatable bonds is 2. The fraction of sp³-hybridized carbons (Fsp3) is 0.692. The molecule has 1 aliphatic carbocycles. The van der Waals surface area contributed by atoms with Crippen LogP contribution in [0.15, 0.2) is 6.20 Å². The van der Waals surface area contributed by atoms with E-state index in [0.29, 0.717) is 16.4 Å². The van der Waals surface area contributed by atoms with Gasteiger partial charge in [-0.25, -0.2) is 0 Å². The molecular formula is C13H20BrN3O. The van der Waals surface area contributed by atoms with Crippen molar-refractivity contribution in [2.45, 2.75) is 43.5 Å². The summed E-state index contributed by atoms with van der Waals surface area (Å²) in [5.41, 5.74) is 1.52. The normalized spacial score (nSPS) is 24.0. The highest BCUT2D eigenvalue weighted by Gasteiger charge is 2.30. The van der Waals surface area contributed by atoms with E-state index in [-0.39, 0.29) is 5.91 Å². The molecule has 0 bridgehead atoms. The van der Waals surface area contributed by atoms with Gasteiger partial charge in [0.1, 0.15) is 0 Å². The maximum atomic E-state index is 12.5. The summed E-state index contributed by atoms with van der Waals surface area (Å²) < 4.78 is 1.70. The van der Waals surface area contributed by atoms with Gasteiger partial charge in [-0.2, -0.15) is 5.10 Å². The zero-order chi connectivity index (χ0) is 13.3. The van der Waals surface area contributed by atoms with Gasteiger partial charge < -0.3 is 4.90 Å². The van der Waals surface area contributed by atoms with Crippen molar-refractivity contribution < 1.29 is 4.79 Å². The van der Waals surface area contributed by atoms with E-state index in [1.807, 2.05) is 25.9 Å². The van der Waals surface area contributed by atoms with Crippen LogP contribution in [0.3, 0.4) is 0 Å². The van der Waals surface area contributed by atoms with E-state index >= 15 is 0 Å². The van der Waals surface area contributed by atoms with Crippen molar-refractivity contribution in [1.29, 1.82) is 0 Å². The second kappa shape index (κ2) is 5.43. The third-order valence-electron chi connectivity index (χ3n) is 3.71. The Morgan fingerprint density at radius 2 is 2.17 bits per heavy atom. The number of nitrogens with zero attached hydrogens (tertiary/aromatic N) is 3. The number of amides is 1. The van der Waals surface area contributed by atoms with Crippen LogP contribution in [-0.4, -0.2) is 38.5 Å². The van der Waals surface area contributed by atoms with E-state index in [1.165, 1.54) is 12.8 Å². The fourth-order valence-electron chi connectivity index (χ4n) is 2.65. The summed E-state index contributed by atoms with van der Waals surface area (Å²) in [6.07, 6.45) is 6.49. The Bertz CT molecular complexity index is 443. The molecule has 2 atom stereocenters. The lowest BCUT2D eigenvalue weighted by Crippen LogP contribution is -2.44. The van der Waals surface area contributed by atoms with E-state index < -0.39 is 0 Å². The van der Waals surface area contributed by atoms with Crippen LogP contribution >= 0.6 is 15.9 Å². The summed E-state index contributed by atoms with van der Waals surface area (Å²) >= 11 is 3.71. The Balaban J connectivity index is 2.15. The number of aryl methyl sites for hydroxylation is 2. The second-order valence-electron chi connectivity index (χ2n) is 5.09. The first-order valence-electron chi connectivity index (χ1n) is 6.42. The first kappa shape index (κ1) is 13.6. The van der Waals surface area contributed by atoms with Gasteiger partial charge in [0.25, 0.3) is 5.91 Å². The molecule has 1 aromatic heterocycles. The zero-order valence-corrected chi connectivity index (χ0v) is 12.8. The summed E-state index contributed by atoms with van der Waals surface area (Å²) in [5.74, 6) is 0.0805. The minimum Gasteiger partial charge on any atom is -0.337 e. The maximum Gasteiger partial charge on any atom is 0.257 e. The van der Waals surface area contributed by atoms with Gasteiger partial charge in [-0.15, -0.1) is 0 Å². The fourth-order valence-corrected chi connectivity index (χ4v) is 3.60. The number of carbonyl (C=O) groups excluding carboxylic acids is 1. The van der Waals surface area contributed by atoms with Gasteiger partial charge in [-0.3, -0.25) is 9.48 Å². The molecule has 1 aromatic rings. The Hall–Kier alpha value is -0.840. The molecule has 0 N–H and O–H groups in total. The Labute approximate surface area is 116 Å². The largest absolute Gasteiger partial charge is 0.337 e. The molecule has 0 aromatic carbocycles. The maximum absolute atomic E-state index is 12.5. The standard InChI is InChI=1S/C13H20BrN3O/c1-9-10(8-16(2)15-9)13(18)17(3)12-7-5-4-6-11(12)14/h8,11-12H,4-7H2,1-3H3. The molecule has 1 fully saturated rings. The average molecular weight is 314 g/mol. The third kappa shape index (κ3) is 2.60. The molecule has 0 aliphatic heterocycles. The highest BCUT2D eigenvalue weighted by atomic mass is 79.9. The molecule has 18 heavy (non-hydrogen) atoms. The number of carbonyl (C=O) groups is 1. The van der Waals surface area contributed by atoms with Gasteiger partial charge in [0.2, 0.25) is 0 Å². The van der Waals surface area contributed by atoms with Gasteiger partial charge in [0.05, 0.1) is 11.3 Å². The minimum absolute atomic E-state index is 0.0805. The summed E-state index contributed by atoms with van der Waals surface area (Å²) in [7, 11) is 3.75. The van der Waals surface area contributed by atoms with E-state index in [4.69, 9.17) is 0 Å². The molecule has 1 aliphatic rings. The molecule has 4 nitrogen and oxygen atoms in total. The molecule has 0 spiro atoms. The number of alkyl halides is 1. The molecular weight excluding hydrogens is 294 g/mol. The summed E-state index contributed by atoms with van der Waals surface area (Å²) in [4.78, 5) is 14.8. The first-order chi connectivity index (χ1) is 8.50. The highest BCUT2D eigenvalue weighted by molar-refractivity contribution is 9.09. The average Bonchev–Trinajstić information content (AvgIpc) is 2.67. The lowest BCUT2D eigenvalue weighted by molar-refractivity contribution is 0.0704. The van der Waals surface area contributed by atoms with Gasteiger partial charge in [0, 0.05) is 31.2 Å². The minimum atomic E-state index is 0.0805. The number of hydrogen-bond donors (Lipinski definition) is 0. The lowest BCUT2D eigenvalue weighted by Gasteiger charge is -2.35. The van der Waals surface area contributed by atoms with Crippen LogP contribution in [0.5, 0.6) is 0 Å². The predicted molar refractivity (Wildman–Crippen MR) is 75.0 cm³/mol. The molecule has 1 amide bonds. The Kier molecular flexibility index (Phi) is 4.10. The first-order valence-corrected chi connectivity index (χ1v) is 7.33. The molecule has 1 heterocycles. The number of aromatic nitrogens is 2. The Morgan fingerprint density at radius 1 is 1.50 bits per heavy atom. The van der Waals surface area contributed by atoms with E-state index in [9.17, 15) is 4.79 Å².